The number of aryl methyl sites for hydroxylation is 1. The molecule has 0 radical (unpaired) electrons. The van der Waals surface area contributed by atoms with Gasteiger partial charge in [-0.2, -0.15) is 0 Å². The zero-order valence-electron chi connectivity index (χ0n) is 9.78. The average molecular weight is 269 g/mol. The summed E-state index contributed by atoms with van der Waals surface area (Å²) in [6, 6.07) is 9.06. The molecule has 0 saturated carbocycles. The van der Waals surface area contributed by atoms with Crippen molar-refractivity contribution in [2.75, 3.05) is 6.54 Å². The Morgan fingerprint density at radius 2 is 2.00 bits per heavy atom. The zero-order chi connectivity index (χ0) is 13.6. The molecule has 5 nitrogen and oxygen atoms in total. The first kappa shape index (κ1) is 14.9. The highest BCUT2D eigenvalue weighted by Gasteiger charge is 2.20. The van der Waals surface area contributed by atoms with E-state index in [-0.39, 0.29) is 0 Å². The van der Waals surface area contributed by atoms with Gasteiger partial charge >= 0.3 is 7.82 Å². The first-order valence-corrected chi connectivity index (χ1v) is 7.01. The summed E-state index contributed by atoms with van der Waals surface area (Å²) in [5, 5.41) is 3.35. The van der Waals surface area contributed by atoms with Crippen molar-refractivity contribution in [3.63, 3.8) is 0 Å². The molecular weight excluding hydrogens is 253 g/mol. The number of hydrogen-bond acceptors (Lipinski definition) is 2. The molecule has 1 unspecified atom stereocenters. The van der Waals surface area contributed by atoms with Gasteiger partial charge < -0.3 is 14.7 Å². The third-order valence-corrected chi connectivity index (χ3v) is 2.58. The minimum Gasteiger partial charge on any atom is -0.303 e. The van der Waals surface area contributed by atoms with Crippen molar-refractivity contribution in [3.05, 3.63) is 35.4 Å². The predicted octanol–water partition coefficient (Wildman–Crippen LogP) is 0.968. The quantitative estimate of drug-likeness (QED) is 0.474. The molecule has 0 aromatic heterocycles. The van der Waals surface area contributed by atoms with E-state index in [0.29, 0.717) is 12.6 Å². The lowest BCUT2D eigenvalue weighted by Gasteiger charge is -2.10. The molecule has 1 aromatic carbocycles. The van der Waals surface area contributed by atoms with Gasteiger partial charge in [0.15, 0.2) is 0 Å². The van der Waals surface area contributed by atoms with E-state index in [0.717, 1.165) is 0 Å². The highest BCUT2D eigenvalue weighted by atomic mass is 31.2. The standard InChI is InChI=1S/C12H13N.H3O4P/c1-2-9-13-12-8-7-10-5-3-4-6-11(10)12;1-5(2,3)4/h1,3-6,12-13H,7-9H2;(H3,1,2,3,4). The molecule has 1 atom stereocenters. The molecule has 98 valence electrons. The number of rotatable bonds is 2. The van der Waals surface area contributed by atoms with Gasteiger partial charge in [-0.1, -0.05) is 30.2 Å². The monoisotopic (exact) mass is 269 g/mol. The summed E-state index contributed by atoms with van der Waals surface area (Å²) >= 11 is 0. The van der Waals surface area contributed by atoms with Gasteiger partial charge in [0.1, 0.15) is 0 Å². The average Bonchev–Trinajstić information content (AvgIpc) is 2.67. The Hall–Kier alpha value is -1.15. The Morgan fingerprint density at radius 3 is 2.61 bits per heavy atom. The molecule has 18 heavy (non-hydrogen) atoms. The summed E-state index contributed by atoms with van der Waals surface area (Å²) in [5.41, 5.74) is 2.90. The van der Waals surface area contributed by atoms with E-state index in [1.807, 2.05) is 0 Å². The summed E-state index contributed by atoms with van der Waals surface area (Å²) in [6.45, 7) is 0.666. The van der Waals surface area contributed by atoms with Gasteiger partial charge in [-0.15, -0.1) is 6.42 Å². The van der Waals surface area contributed by atoms with E-state index in [4.69, 9.17) is 25.7 Å². The van der Waals surface area contributed by atoms with Crippen molar-refractivity contribution in [1.29, 1.82) is 0 Å². The van der Waals surface area contributed by atoms with Crippen molar-refractivity contribution in [2.24, 2.45) is 0 Å². The maximum absolute atomic E-state index is 8.88. The molecule has 0 saturated heterocycles. The summed E-state index contributed by atoms with van der Waals surface area (Å²) in [7, 11) is -4.64. The maximum Gasteiger partial charge on any atom is 0.466 e. The fraction of sp³-hybridized carbons (Fsp3) is 0.333. The van der Waals surface area contributed by atoms with Gasteiger partial charge in [0, 0.05) is 6.04 Å². The lowest BCUT2D eigenvalue weighted by molar-refractivity contribution is 0.275. The number of terminal acetylenes is 1. The molecular formula is C12H16NO4P. The van der Waals surface area contributed by atoms with E-state index in [1.165, 1.54) is 24.0 Å². The first-order chi connectivity index (χ1) is 8.42. The molecule has 0 heterocycles. The first-order valence-electron chi connectivity index (χ1n) is 5.44. The molecule has 0 spiro atoms. The fourth-order valence-corrected chi connectivity index (χ4v) is 1.95. The van der Waals surface area contributed by atoms with Crippen LogP contribution in [0.1, 0.15) is 23.6 Å². The molecule has 6 heteroatoms. The normalized spacial score (nSPS) is 17.3. The molecule has 0 fully saturated rings. The van der Waals surface area contributed by atoms with Crippen LogP contribution in [0, 0.1) is 12.3 Å². The molecule has 1 aromatic rings. The third kappa shape index (κ3) is 5.46. The molecule has 4 N–H and O–H groups in total. The number of nitrogens with one attached hydrogen (secondary N) is 1. The van der Waals surface area contributed by atoms with Crippen LogP contribution < -0.4 is 5.32 Å². The van der Waals surface area contributed by atoms with Crippen molar-refractivity contribution in [3.8, 4) is 12.3 Å². The number of benzene rings is 1. The van der Waals surface area contributed by atoms with E-state index in [9.17, 15) is 0 Å². The zero-order valence-corrected chi connectivity index (χ0v) is 10.7. The van der Waals surface area contributed by atoms with E-state index < -0.39 is 7.82 Å². The lowest BCUT2D eigenvalue weighted by atomic mass is 10.1. The lowest BCUT2D eigenvalue weighted by Crippen LogP contribution is -2.19. The predicted molar refractivity (Wildman–Crippen MR) is 68.6 cm³/mol. The van der Waals surface area contributed by atoms with Crippen molar-refractivity contribution in [2.45, 2.75) is 18.9 Å². The highest BCUT2D eigenvalue weighted by Crippen LogP contribution is 2.30. The number of fused-ring (bicyclic) bond motifs is 1. The van der Waals surface area contributed by atoms with E-state index >= 15 is 0 Å². The van der Waals surface area contributed by atoms with Gasteiger partial charge in [-0.05, 0) is 24.0 Å². The van der Waals surface area contributed by atoms with Crippen molar-refractivity contribution < 1.29 is 19.2 Å². The van der Waals surface area contributed by atoms with Crippen LogP contribution in [0.25, 0.3) is 0 Å². The third-order valence-electron chi connectivity index (χ3n) is 2.58. The molecule has 0 amide bonds. The Kier molecular flexibility index (Phi) is 5.54. The largest absolute Gasteiger partial charge is 0.466 e. The molecule has 1 aliphatic rings. The Labute approximate surface area is 106 Å². The van der Waals surface area contributed by atoms with E-state index in [1.54, 1.807) is 0 Å². The Balaban J connectivity index is 0.000000280. The second-order valence-corrected chi connectivity index (χ2v) is 4.91. The molecule has 0 bridgehead atoms. The van der Waals surface area contributed by atoms with Crippen molar-refractivity contribution in [1.82, 2.24) is 5.32 Å². The topological polar surface area (TPSA) is 89.8 Å². The van der Waals surface area contributed by atoms with E-state index in [2.05, 4.69) is 35.5 Å². The summed E-state index contributed by atoms with van der Waals surface area (Å²) in [6.07, 6.45) is 7.57. The van der Waals surface area contributed by atoms with Crippen LogP contribution in [0.4, 0.5) is 0 Å². The minimum atomic E-state index is -4.64. The Morgan fingerprint density at radius 1 is 1.39 bits per heavy atom. The summed E-state index contributed by atoms with van der Waals surface area (Å²) < 4.78 is 8.88. The van der Waals surface area contributed by atoms with Crippen LogP contribution in [-0.2, 0) is 11.0 Å². The second kappa shape index (κ2) is 6.69. The molecule has 2 rings (SSSR count). The van der Waals surface area contributed by atoms with Crippen LogP contribution in [0.2, 0.25) is 0 Å². The van der Waals surface area contributed by atoms with Crippen LogP contribution in [0.5, 0.6) is 0 Å². The van der Waals surface area contributed by atoms with Crippen LogP contribution in [0.15, 0.2) is 24.3 Å². The van der Waals surface area contributed by atoms with Crippen molar-refractivity contribution >= 4 is 7.82 Å². The van der Waals surface area contributed by atoms with Crippen LogP contribution in [0.3, 0.4) is 0 Å². The number of phosphoric acid groups is 1. The van der Waals surface area contributed by atoms with Gasteiger partial charge in [0.25, 0.3) is 0 Å². The van der Waals surface area contributed by atoms with Crippen LogP contribution in [-0.4, -0.2) is 21.2 Å². The highest BCUT2D eigenvalue weighted by molar-refractivity contribution is 7.45. The Bertz CT molecular complexity index is 469. The van der Waals surface area contributed by atoms with Gasteiger partial charge in [-0.25, -0.2) is 4.57 Å². The molecule has 1 aliphatic carbocycles. The van der Waals surface area contributed by atoms with Crippen LogP contribution >= 0.6 is 7.82 Å². The molecule has 0 aliphatic heterocycles. The second-order valence-electron chi connectivity index (χ2n) is 3.89. The van der Waals surface area contributed by atoms with Gasteiger partial charge in [0.2, 0.25) is 0 Å². The summed E-state index contributed by atoms with van der Waals surface area (Å²) in [4.78, 5) is 21.6. The minimum absolute atomic E-state index is 0.479. The maximum atomic E-state index is 8.88. The SMILES string of the molecule is C#CCNC1CCc2ccccc21.O=P(O)(O)O. The van der Waals surface area contributed by atoms with Gasteiger partial charge in [-0.3, -0.25) is 5.32 Å². The number of hydrogen-bond donors (Lipinski definition) is 4. The van der Waals surface area contributed by atoms with Gasteiger partial charge in [0.05, 0.1) is 6.54 Å². The fourth-order valence-electron chi connectivity index (χ4n) is 1.95. The summed E-state index contributed by atoms with van der Waals surface area (Å²) in [5.74, 6) is 2.61. The smallest absolute Gasteiger partial charge is 0.303 e.